The van der Waals surface area contributed by atoms with E-state index in [1.807, 2.05) is 91.0 Å². The fraction of sp³-hybridized carbons (Fsp3) is 0.100. The van der Waals surface area contributed by atoms with Crippen LogP contribution in [0.3, 0.4) is 0 Å². The van der Waals surface area contributed by atoms with Gasteiger partial charge in [-0.05, 0) is 72.5 Å². The Kier molecular flexibility index (Phi) is 16.8. The standard InChI is InChI=1S/2C24H15F6.C12H7Si.2ClH.Zr/c2*1-14-7-8-16-9-17(15-5-3-2-4-6-15)12-21(16)22(14)18-10-19(23(25,26)27)13-20(11-18)24(28,29)30;1-3-7-11-9(5-1)10-6-2-4-8-12(10)13-11;;;/h2*2-13H,1H3;1-7H;2*1H;/q3*-1;;;+2/p-2. The summed E-state index contributed by atoms with van der Waals surface area (Å²) in [6.07, 6.45) is -19.6. The summed E-state index contributed by atoms with van der Waals surface area (Å²) in [4.78, 5) is 0. The quantitative estimate of drug-likeness (QED) is 0.0936. The molecular weight excluding hydrogens is 1140 g/mol. The summed E-state index contributed by atoms with van der Waals surface area (Å²) in [7, 11) is 10.7. The zero-order valence-electron chi connectivity index (χ0n) is 39.7. The van der Waals surface area contributed by atoms with Crippen molar-refractivity contribution in [1.29, 1.82) is 0 Å². The first-order chi connectivity index (χ1) is 35.9. The van der Waals surface area contributed by atoms with Crippen LogP contribution >= 0.6 is 17.0 Å². The minimum atomic E-state index is -4.89. The van der Waals surface area contributed by atoms with Gasteiger partial charge in [0.05, 0.1) is 31.8 Å². The SMILES string of the molecule is Cc1ccc2[cH-]c(-c3ccccc3)cc2c1-c1cc(C(F)(F)F)cc(C(F)(F)F)c1.Cc1ccc2[cH-]c(-c3ccccc3)cc2c1-c1cc(C(F)(F)F)cc(C(F)(F)F)c1.[Cl][Zr][Cl].[c-]1cccc2c1[Si]c1ccccc1-2. The van der Waals surface area contributed by atoms with Gasteiger partial charge in [0, 0.05) is 0 Å². The molecule has 0 saturated carbocycles. The minimum absolute atomic E-state index is 0.106. The van der Waals surface area contributed by atoms with Gasteiger partial charge in [-0.2, -0.15) is 82.1 Å². The Bertz CT molecular complexity index is 3350. The molecule has 0 atom stereocenters. The molecule has 2 radical (unpaired) electrons. The Hall–Kier alpha value is -6.18. The molecule has 0 aromatic heterocycles. The van der Waals surface area contributed by atoms with Gasteiger partial charge in [0.25, 0.3) is 0 Å². The number of halogens is 14. The van der Waals surface area contributed by atoms with E-state index in [0.29, 0.717) is 33.0 Å². The number of rotatable bonds is 4. The molecule has 10 aromatic rings. The molecule has 0 bridgehead atoms. The van der Waals surface area contributed by atoms with E-state index in [0.717, 1.165) is 66.8 Å². The first-order valence-corrected chi connectivity index (χ1v) is 30.2. The first kappa shape index (κ1) is 56.0. The summed E-state index contributed by atoms with van der Waals surface area (Å²) in [6, 6.07) is 54.8. The molecule has 386 valence electrons. The van der Waals surface area contributed by atoms with E-state index in [1.54, 1.807) is 38.1 Å². The molecule has 0 unspecified atom stereocenters. The van der Waals surface area contributed by atoms with Gasteiger partial charge in [0.1, 0.15) is 0 Å². The second-order valence-electron chi connectivity index (χ2n) is 17.5. The van der Waals surface area contributed by atoms with E-state index in [4.69, 9.17) is 17.0 Å². The zero-order valence-corrected chi connectivity index (χ0v) is 44.7. The Morgan fingerprint density at radius 1 is 0.421 bits per heavy atom. The van der Waals surface area contributed by atoms with Crippen LogP contribution in [0.5, 0.6) is 0 Å². The van der Waals surface area contributed by atoms with E-state index < -0.39 is 67.8 Å². The number of benzene rings is 8. The maximum atomic E-state index is 13.3. The predicted molar refractivity (Wildman–Crippen MR) is 278 cm³/mol. The van der Waals surface area contributed by atoms with Crippen molar-refractivity contribution >= 4 is 58.5 Å². The van der Waals surface area contributed by atoms with E-state index in [-0.39, 0.29) is 23.3 Å². The third-order valence-corrected chi connectivity index (χ3v) is 13.9. The van der Waals surface area contributed by atoms with E-state index >= 15 is 0 Å². The number of aryl methyl sites for hydroxylation is 2. The Morgan fingerprint density at radius 2 is 0.789 bits per heavy atom. The van der Waals surface area contributed by atoms with Crippen LogP contribution in [-0.2, 0) is 45.6 Å². The van der Waals surface area contributed by atoms with Gasteiger partial charge in [0.15, 0.2) is 0 Å². The van der Waals surface area contributed by atoms with Crippen LogP contribution in [0.4, 0.5) is 52.7 Å². The average Bonchev–Trinajstić information content (AvgIpc) is 4.14. The minimum Gasteiger partial charge on any atom is -0.184 e. The van der Waals surface area contributed by atoms with Crippen LogP contribution in [0.15, 0.2) is 188 Å². The van der Waals surface area contributed by atoms with Crippen molar-refractivity contribution in [3.8, 4) is 55.6 Å². The van der Waals surface area contributed by atoms with Crippen molar-refractivity contribution in [2.75, 3.05) is 0 Å². The summed E-state index contributed by atoms with van der Waals surface area (Å²) < 4.78 is 160. The second kappa shape index (κ2) is 22.8. The molecule has 76 heavy (non-hydrogen) atoms. The van der Waals surface area contributed by atoms with Gasteiger partial charge in [-0.3, -0.25) is 0 Å². The van der Waals surface area contributed by atoms with Crippen molar-refractivity contribution < 1.29 is 73.5 Å². The first-order valence-electron chi connectivity index (χ1n) is 22.9. The van der Waals surface area contributed by atoms with Gasteiger partial charge in [-0.15, -0.1) is 74.6 Å². The van der Waals surface area contributed by atoms with Gasteiger partial charge in [-0.1, -0.05) is 130 Å². The van der Waals surface area contributed by atoms with Gasteiger partial charge < -0.3 is 0 Å². The molecule has 0 nitrogen and oxygen atoms in total. The Morgan fingerprint density at radius 3 is 1.18 bits per heavy atom. The van der Waals surface area contributed by atoms with Crippen molar-refractivity contribution in [2.24, 2.45) is 0 Å². The van der Waals surface area contributed by atoms with Crippen LogP contribution in [0.2, 0.25) is 0 Å². The van der Waals surface area contributed by atoms with Crippen LogP contribution in [-0.4, -0.2) is 9.52 Å². The second-order valence-corrected chi connectivity index (χ2v) is 22.6. The van der Waals surface area contributed by atoms with Crippen LogP contribution in [0.25, 0.3) is 77.2 Å². The molecule has 1 aliphatic rings. The van der Waals surface area contributed by atoms with Crippen molar-refractivity contribution in [3.63, 3.8) is 0 Å². The third-order valence-electron chi connectivity index (χ3n) is 12.5. The molecule has 0 amide bonds. The molecule has 1 aliphatic heterocycles. The topological polar surface area (TPSA) is 0 Å². The number of hydrogen-bond acceptors (Lipinski definition) is 0. The Labute approximate surface area is 450 Å². The molecule has 10 aromatic carbocycles. The fourth-order valence-electron chi connectivity index (χ4n) is 9.07. The molecule has 11 rings (SSSR count). The smallest absolute Gasteiger partial charge is 0.0920 e. The summed E-state index contributed by atoms with van der Waals surface area (Å²) in [5.74, 6) is 0. The summed E-state index contributed by atoms with van der Waals surface area (Å²) >= 11 is -0.826. The predicted octanol–water partition coefficient (Wildman–Crippen LogP) is 19.0. The maximum Gasteiger partial charge on any atom is 0.0920 e. The van der Waals surface area contributed by atoms with Gasteiger partial charge in [-0.25, -0.2) is 0 Å². The zero-order chi connectivity index (χ0) is 54.7. The number of fused-ring (bicyclic) bond motifs is 5. The van der Waals surface area contributed by atoms with Gasteiger partial charge >= 0.3 is 62.6 Å². The van der Waals surface area contributed by atoms with Crippen molar-refractivity contribution in [2.45, 2.75) is 38.6 Å². The molecule has 0 saturated heterocycles. The van der Waals surface area contributed by atoms with Gasteiger partial charge in [0.2, 0.25) is 0 Å². The van der Waals surface area contributed by atoms with Crippen molar-refractivity contribution in [1.82, 2.24) is 0 Å². The van der Waals surface area contributed by atoms with E-state index in [2.05, 4.69) is 42.5 Å². The van der Waals surface area contributed by atoms with Crippen LogP contribution in [0, 0.1) is 19.9 Å². The molecular formula is C60H37Cl2F12SiZr-3. The average molecular weight is 1180 g/mol. The largest absolute Gasteiger partial charge is 0.184 e. The molecule has 0 spiro atoms. The normalized spacial score (nSPS) is 12.2. The number of hydrogen-bond donors (Lipinski definition) is 0. The summed E-state index contributed by atoms with van der Waals surface area (Å²) in [5.41, 5.74) is 2.72. The van der Waals surface area contributed by atoms with E-state index in [9.17, 15) is 52.7 Å². The summed E-state index contributed by atoms with van der Waals surface area (Å²) in [5, 5.41) is 5.55. The van der Waals surface area contributed by atoms with Crippen molar-refractivity contribution in [3.05, 3.63) is 228 Å². The van der Waals surface area contributed by atoms with E-state index in [1.165, 1.54) is 21.5 Å². The van der Waals surface area contributed by atoms with Crippen LogP contribution < -0.4 is 10.4 Å². The Balaban J connectivity index is 0.000000157. The molecule has 0 aliphatic carbocycles. The molecule has 0 fully saturated rings. The summed E-state index contributed by atoms with van der Waals surface area (Å²) in [6.45, 7) is 3.36. The monoisotopic (exact) mass is 1170 g/mol. The maximum absolute atomic E-state index is 13.3. The molecule has 1 heterocycles. The molecule has 0 N–H and O–H groups in total. The fourth-order valence-corrected chi connectivity index (χ4v) is 10.4. The van der Waals surface area contributed by atoms with Crippen LogP contribution in [0.1, 0.15) is 33.4 Å². The third kappa shape index (κ3) is 12.8. The number of alkyl halides is 12. The molecule has 16 heteroatoms.